The summed E-state index contributed by atoms with van der Waals surface area (Å²) < 4.78 is 4.61. The highest BCUT2D eigenvalue weighted by Crippen LogP contribution is 2.19. The molecule has 1 N–H and O–H groups in total. The van der Waals surface area contributed by atoms with Crippen LogP contribution < -0.4 is 5.32 Å². The molecule has 0 aromatic heterocycles. The minimum absolute atomic E-state index is 0.194. The number of nitrogens with one attached hydrogen (secondary N) is 1. The maximum Gasteiger partial charge on any atom is 0.315 e. The molecule has 0 unspecified atom stereocenters. The number of hydrogen-bond donors (Lipinski definition) is 1. The Bertz CT molecular complexity index is 366. The highest BCUT2D eigenvalue weighted by Gasteiger charge is 2.03. The Balaban J connectivity index is 2.50. The van der Waals surface area contributed by atoms with Gasteiger partial charge in [0, 0.05) is 17.5 Å². The van der Waals surface area contributed by atoms with Crippen LogP contribution in [0.5, 0.6) is 0 Å². The lowest BCUT2D eigenvalue weighted by Crippen LogP contribution is -2.21. The summed E-state index contributed by atoms with van der Waals surface area (Å²) in [7, 11) is 1.41. The van der Waals surface area contributed by atoms with Crippen molar-refractivity contribution in [3.8, 4) is 0 Å². The number of benzene rings is 1. The first-order chi connectivity index (χ1) is 8.11. The van der Waals surface area contributed by atoms with Crippen LogP contribution in [0, 0.1) is 0 Å². The molecule has 4 heteroatoms. The van der Waals surface area contributed by atoms with E-state index in [0.717, 1.165) is 11.4 Å². The van der Waals surface area contributed by atoms with E-state index in [1.165, 1.54) is 24.4 Å². The summed E-state index contributed by atoms with van der Waals surface area (Å²) in [5.74, 6) is 0.165. The van der Waals surface area contributed by atoms with Gasteiger partial charge in [-0.3, -0.25) is 4.79 Å². The van der Waals surface area contributed by atoms with E-state index in [1.54, 1.807) is 0 Å². The molecular weight excluding hydrogens is 234 g/mol. The highest BCUT2D eigenvalue weighted by molar-refractivity contribution is 8.00. The van der Waals surface area contributed by atoms with Gasteiger partial charge in [0.1, 0.15) is 0 Å². The number of rotatable bonds is 6. The largest absolute Gasteiger partial charge is 0.468 e. The van der Waals surface area contributed by atoms with Crippen LogP contribution in [0.15, 0.2) is 29.2 Å². The minimum atomic E-state index is -0.194. The number of carbonyl (C=O) groups is 1. The number of thioether (sulfide) groups is 1. The van der Waals surface area contributed by atoms with Gasteiger partial charge in [-0.25, -0.2) is 0 Å². The van der Waals surface area contributed by atoms with Gasteiger partial charge in [0.15, 0.2) is 0 Å². The van der Waals surface area contributed by atoms with Gasteiger partial charge >= 0.3 is 5.97 Å². The number of carbonyl (C=O) groups excluding carboxylic acids is 1. The van der Waals surface area contributed by atoms with E-state index in [4.69, 9.17) is 0 Å². The quantitative estimate of drug-likeness (QED) is 0.624. The van der Waals surface area contributed by atoms with E-state index in [9.17, 15) is 4.79 Å². The normalized spacial score (nSPS) is 10.6. The Labute approximate surface area is 107 Å². The van der Waals surface area contributed by atoms with Crippen LogP contribution in [0.25, 0.3) is 0 Å². The lowest BCUT2D eigenvalue weighted by atomic mass is 10.2. The van der Waals surface area contributed by atoms with Crippen LogP contribution in [-0.2, 0) is 16.1 Å². The minimum Gasteiger partial charge on any atom is -0.468 e. The molecule has 0 aliphatic rings. The van der Waals surface area contributed by atoms with Gasteiger partial charge in [-0.2, -0.15) is 0 Å². The summed E-state index contributed by atoms with van der Waals surface area (Å²) in [6.07, 6.45) is 0. The van der Waals surface area contributed by atoms with Crippen molar-refractivity contribution in [3.05, 3.63) is 29.8 Å². The van der Waals surface area contributed by atoms with Gasteiger partial charge in [0.25, 0.3) is 0 Å². The van der Waals surface area contributed by atoms with Crippen LogP contribution in [-0.4, -0.2) is 24.9 Å². The molecule has 1 aromatic rings. The van der Waals surface area contributed by atoms with Crippen molar-refractivity contribution in [2.45, 2.75) is 31.3 Å². The van der Waals surface area contributed by atoms with Gasteiger partial charge in [-0.15, -0.1) is 11.8 Å². The Morgan fingerprint density at radius 1 is 1.47 bits per heavy atom. The third-order valence-electron chi connectivity index (χ3n) is 2.20. The van der Waals surface area contributed by atoms with E-state index in [-0.39, 0.29) is 5.97 Å². The van der Waals surface area contributed by atoms with E-state index in [2.05, 4.69) is 36.0 Å². The maximum absolute atomic E-state index is 11.0. The Hall–Kier alpha value is -1.00. The second-order valence-electron chi connectivity index (χ2n) is 4.05. The summed E-state index contributed by atoms with van der Waals surface area (Å²) in [4.78, 5) is 12.1. The van der Waals surface area contributed by atoms with Crippen molar-refractivity contribution in [3.63, 3.8) is 0 Å². The van der Waals surface area contributed by atoms with Crippen LogP contribution >= 0.6 is 11.8 Å². The SMILES string of the molecule is COC(=O)CSc1cccc(CNC(C)C)c1. The molecule has 0 aliphatic heterocycles. The van der Waals surface area contributed by atoms with Gasteiger partial charge in [-0.1, -0.05) is 26.0 Å². The predicted octanol–water partition coefficient (Wildman–Crippen LogP) is 2.45. The van der Waals surface area contributed by atoms with Gasteiger partial charge in [0.05, 0.1) is 12.9 Å². The van der Waals surface area contributed by atoms with Crippen molar-refractivity contribution >= 4 is 17.7 Å². The van der Waals surface area contributed by atoms with Crippen LogP contribution in [0.1, 0.15) is 19.4 Å². The van der Waals surface area contributed by atoms with Crippen LogP contribution in [0.3, 0.4) is 0 Å². The molecule has 3 nitrogen and oxygen atoms in total. The average molecular weight is 253 g/mol. The zero-order chi connectivity index (χ0) is 12.7. The molecule has 0 heterocycles. The smallest absolute Gasteiger partial charge is 0.315 e. The molecule has 0 atom stereocenters. The van der Waals surface area contributed by atoms with E-state index in [0.29, 0.717) is 11.8 Å². The molecule has 0 amide bonds. The fraction of sp³-hybridized carbons (Fsp3) is 0.462. The van der Waals surface area contributed by atoms with Gasteiger partial charge < -0.3 is 10.1 Å². The number of ether oxygens (including phenoxy) is 1. The molecule has 1 aromatic carbocycles. The Morgan fingerprint density at radius 3 is 2.88 bits per heavy atom. The standard InChI is InChI=1S/C13H19NO2S/c1-10(2)14-8-11-5-4-6-12(7-11)17-9-13(15)16-3/h4-7,10,14H,8-9H2,1-3H3. The molecule has 0 spiro atoms. The summed E-state index contributed by atoms with van der Waals surface area (Å²) in [5, 5.41) is 3.36. The molecule has 94 valence electrons. The Morgan fingerprint density at radius 2 is 2.24 bits per heavy atom. The second kappa shape index (κ2) is 7.35. The van der Waals surface area contributed by atoms with E-state index in [1.807, 2.05) is 12.1 Å². The third kappa shape index (κ3) is 5.75. The Kier molecular flexibility index (Phi) is 6.08. The van der Waals surface area contributed by atoms with Crippen molar-refractivity contribution in [2.24, 2.45) is 0 Å². The first-order valence-corrected chi connectivity index (χ1v) is 6.62. The fourth-order valence-corrected chi connectivity index (χ4v) is 2.08. The molecule has 0 fully saturated rings. The summed E-state index contributed by atoms with van der Waals surface area (Å²) in [5.41, 5.74) is 1.23. The molecular formula is C13H19NO2S. The van der Waals surface area contributed by atoms with Crippen molar-refractivity contribution < 1.29 is 9.53 Å². The number of esters is 1. The zero-order valence-electron chi connectivity index (χ0n) is 10.5. The first kappa shape index (κ1) is 14.1. The van der Waals surface area contributed by atoms with Crippen molar-refractivity contribution in [1.82, 2.24) is 5.32 Å². The molecule has 17 heavy (non-hydrogen) atoms. The van der Waals surface area contributed by atoms with Gasteiger partial charge in [-0.05, 0) is 17.7 Å². The summed E-state index contributed by atoms with van der Waals surface area (Å²) in [6.45, 7) is 5.09. The average Bonchev–Trinajstić information content (AvgIpc) is 2.34. The topological polar surface area (TPSA) is 38.3 Å². The van der Waals surface area contributed by atoms with Crippen molar-refractivity contribution in [1.29, 1.82) is 0 Å². The summed E-state index contributed by atoms with van der Waals surface area (Å²) in [6, 6.07) is 8.67. The lowest BCUT2D eigenvalue weighted by Gasteiger charge is -2.09. The summed E-state index contributed by atoms with van der Waals surface area (Å²) >= 11 is 1.50. The second-order valence-corrected chi connectivity index (χ2v) is 5.10. The van der Waals surface area contributed by atoms with Crippen LogP contribution in [0.2, 0.25) is 0 Å². The molecule has 1 rings (SSSR count). The first-order valence-electron chi connectivity index (χ1n) is 5.63. The molecule has 0 bridgehead atoms. The molecule has 0 saturated heterocycles. The van der Waals surface area contributed by atoms with Crippen LogP contribution in [0.4, 0.5) is 0 Å². The molecule has 0 aliphatic carbocycles. The third-order valence-corrected chi connectivity index (χ3v) is 3.16. The maximum atomic E-state index is 11.0. The van der Waals surface area contributed by atoms with Gasteiger partial charge in [0.2, 0.25) is 0 Å². The van der Waals surface area contributed by atoms with E-state index >= 15 is 0 Å². The monoisotopic (exact) mass is 253 g/mol. The fourth-order valence-electron chi connectivity index (χ4n) is 1.27. The van der Waals surface area contributed by atoms with E-state index < -0.39 is 0 Å². The number of methoxy groups -OCH3 is 1. The highest BCUT2D eigenvalue weighted by atomic mass is 32.2. The number of hydrogen-bond acceptors (Lipinski definition) is 4. The lowest BCUT2D eigenvalue weighted by molar-refractivity contribution is -0.137. The predicted molar refractivity (Wildman–Crippen MR) is 71.2 cm³/mol. The van der Waals surface area contributed by atoms with Crippen molar-refractivity contribution in [2.75, 3.05) is 12.9 Å². The zero-order valence-corrected chi connectivity index (χ0v) is 11.3. The molecule has 0 saturated carbocycles. The molecule has 0 radical (unpaired) electrons.